The average Bonchev–Trinajstić information content (AvgIpc) is 2.65. The van der Waals surface area contributed by atoms with Crippen molar-refractivity contribution in [3.05, 3.63) is 47.5 Å². The second-order valence-corrected chi connectivity index (χ2v) is 6.84. The quantitative estimate of drug-likeness (QED) is 0.763. The summed E-state index contributed by atoms with van der Waals surface area (Å²) in [7, 11) is 0. The fraction of sp³-hybridized carbons (Fsp3) is 0.300. The smallest absolute Gasteiger partial charge is 0.278 e. The van der Waals surface area contributed by atoms with Gasteiger partial charge in [0.25, 0.3) is 17.4 Å². The van der Waals surface area contributed by atoms with Crippen LogP contribution in [0.3, 0.4) is 0 Å². The highest BCUT2D eigenvalue weighted by atomic mass is 35.5. The Hall–Kier alpha value is -2.73. The predicted molar refractivity (Wildman–Crippen MR) is 108 cm³/mol. The first-order valence-electron chi connectivity index (χ1n) is 8.84. The van der Waals surface area contributed by atoms with Gasteiger partial charge in [-0.1, -0.05) is 11.6 Å². The molecule has 1 heterocycles. The number of halogens is 1. The number of carbonyl (C=O) groups is 2. The van der Waals surface area contributed by atoms with E-state index in [-0.39, 0.29) is 0 Å². The van der Waals surface area contributed by atoms with Crippen LogP contribution < -0.4 is 20.3 Å². The van der Waals surface area contributed by atoms with E-state index in [2.05, 4.69) is 29.4 Å². The fourth-order valence-electron chi connectivity index (χ4n) is 2.94. The van der Waals surface area contributed by atoms with Gasteiger partial charge in [0.2, 0.25) is 0 Å². The molecule has 0 radical (unpaired) electrons. The number of hydrogen-bond acceptors (Lipinski definition) is 4. The van der Waals surface area contributed by atoms with Crippen LogP contribution in [0.2, 0.25) is 5.02 Å². The summed E-state index contributed by atoms with van der Waals surface area (Å²) in [5.74, 6) is -0.695. The van der Waals surface area contributed by atoms with E-state index in [9.17, 15) is 9.59 Å². The number of benzene rings is 2. The minimum atomic E-state index is -1.68. The summed E-state index contributed by atoms with van der Waals surface area (Å²) in [5.41, 5.74) is 0.428. The van der Waals surface area contributed by atoms with Crippen LogP contribution in [0.1, 0.15) is 20.8 Å². The van der Waals surface area contributed by atoms with Crippen molar-refractivity contribution in [1.82, 2.24) is 0 Å². The van der Waals surface area contributed by atoms with Crippen LogP contribution in [0.4, 0.5) is 17.1 Å². The van der Waals surface area contributed by atoms with Crippen LogP contribution in [0, 0.1) is 0 Å². The van der Waals surface area contributed by atoms with E-state index in [1.165, 1.54) is 6.92 Å². The molecule has 0 fully saturated rings. The summed E-state index contributed by atoms with van der Waals surface area (Å²) in [6, 6.07) is 12.3. The third-order valence-electron chi connectivity index (χ3n) is 4.62. The summed E-state index contributed by atoms with van der Waals surface area (Å²) in [6.07, 6.45) is 0. The van der Waals surface area contributed by atoms with E-state index >= 15 is 0 Å². The van der Waals surface area contributed by atoms with Gasteiger partial charge in [0.15, 0.2) is 0 Å². The Balaban J connectivity index is 1.77. The zero-order valence-electron chi connectivity index (χ0n) is 15.5. The summed E-state index contributed by atoms with van der Waals surface area (Å²) in [5, 5.41) is 5.91. The van der Waals surface area contributed by atoms with E-state index in [1.807, 2.05) is 24.3 Å². The van der Waals surface area contributed by atoms with E-state index < -0.39 is 17.4 Å². The molecule has 6 nitrogen and oxygen atoms in total. The maximum atomic E-state index is 12.8. The van der Waals surface area contributed by atoms with Gasteiger partial charge in [-0.3, -0.25) is 9.59 Å². The van der Waals surface area contributed by atoms with E-state index in [1.54, 1.807) is 18.2 Å². The Bertz CT molecular complexity index is 865. The van der Waals surface area contributed by atoms with Crippen LogP contribution in [0.5, 0.6) is 5.75 Å². The van der Waals surface area contributed by atoms with Crippen molar-refractivity contribution in [2.45, 2.75) is 26.4 Å². The zero-order chi connectivity index (χ0) is 19.6. The summed E-state index contributed by atoms with van der Waals surface area (Å²) in [4.78, 5) is 27.5. The monoisotopic (exact) mass is 387 g/mol. The molecular weight excluding hydrogens is 366 g/mol. The van der Waals surface area contributed by atoms with Crippen molar-refractivity contribution in [1.29, 1.82) is 0 Å². The van der Waals surface area contributed by atoms with Crippen molar-refractivity contribution in [3.8, 4) is 5.75 Å². The third-order valence-corrected chi connectivity index (χ3v) is 4.86. The second-order valence-electron chi connectivity index (χ2n) is 6.40. The first kappa shape index (κ1) is 19.0. The number of nitrogens with one attached hydrogen (secondary N) is 2. The molecule has 0 saturated carbocycles. The number of carbonyl (C=O) groups excluding carboxylic acids is 2. The van der Waals surface area contributed by atoms with E-state index in [0.29, 0.717) is 22.1 Å². The molecule has 2 N–H and O–H groups in total. The van der Waals surface area contributed by atoms with Crippen molar-refractivity contribution < 1.29 is 14.3 Å². The molecule has 0 spiro atoms. The van der Waals surface area contributed by atoms with Crippen LogP contribution in [-0.2, 0) is 9.59 Å². The highest BCUT2D eigenvalue weighted by molar-refractivity contribution is 6.31. The number of ether oxygens (including phenoxy) is 1. The van der Waals surface area contributed by atoms with Gasteiger partial charge in [0.1, 0.15) is 5.75 Å². The molecule has 0 saturated heterocycles. The predicted octanol–water partition coefficient (Wildman–Crippen LogP) is 3.91. The minimum absolute atomic E-state index is 0.397. The fourth-order valence-corrected chi connectivity index (χ4v) is 3.11. The number of anilines is 3. The number of nitrogens with zero attached hydrogens (tertiary/aromatic N) is 1. The topological polar surface area (TPSA) is 70.7 Å². The highest BCUT2D eigenvalue weighted by Crippen LogP contribution is 2.36. The molecule has 1 aliphatic heterocycles. The largest absolute Gasteiger partial charge is 0.466 e. The summed E-state index contributed by atoms with van der Waals surface area (Å²) < 4.78 is 5.73. The van der Waals surface area contributed by atoms with E-state index in [4.69, 9.17) is 16.3 Å². The number of hydrogen-bond donors (Lipinski definition) is 2. The molecule has 1 atom stereocenters. The lowest BCUT2D eigenvalue weighted by molar-refractivity contribution is -0.143. The SMILES string of the molecule is CCN(CC)c1ccc(NC(=O)C2(C)Oc3ccc(Cl)cc3NC2=O)cc1. The van der Waals surface area contributed by atoms with Crippen LogP contribution in [0.15, 0.2) is 42.5 Å². The van der Waals surface area contributed by atoms with Crippen molar-refractivity contribution >= 4 is 40.5 Å². The molecule has 142 valence electrons. The highest BCUT2D eigenvalue weighted by Gasteiger charge is 2.47. The molecule has 2 aromatic carbocycles. The van der Waals surface area contributed by atoms with Gasteiger partial charge in [-0.2, -0.15) is 0 Å². The number of rotatable bonds is 5. The minimum Gasteiger partial charge on any atom is -0.466 e. The van der Waals surface area contributed by atoms with Crippen LogP contribution in [-0.4, -0.2) is 30.5 Å². The molecule has 2 amide bonds. The summed E-state index contributed by atoms with van der Waals surface area (Å²) in [6.45, 7) is 7.42. The Morgan fingerprint density at radius 1 is 1.19 bits per heavy atom. The molecule has 1 aliphatic rings. The van der Waals surface area contributed by atoms with Crippen molar-refractivity contribution in [3.63, 3.8) is 0 Å². The molecule has 2 aromatic rings. The van der Waals surface area contributed by atoms with Crippen molar-refractivity contribution in [2.24, 2.45) is 0 Å². The van der Waals surface area contributed by atoms with Gasteiger partial charge >= 0.3 is 0 Å². The molecular formula is C20H22ClN3O3. The maximum absolute atomic E-state index is 12.8. The molecule has 0 aliphatic carbocycles. The molecule has 1 unspecified atom stereocenters. The van der Waals surface area contributed by atoms with Gasteiger partial charge in [-0.05, 0) is 63.2 Å². The lowest BCUT2D eigenvalue weighted by atomic mass is 10.0. The van der Waals surface area contributed by atoms with Gasteiger partial charge in [-0.25, -0.2) is 0 Å². The third kappa shape index (κ3) is 3.71. The van der Waals surface area contributed by atoms with Crippen LogP contribution in [0.25, 0.3) is 0 Å². The lowest BCUT2D eigenvalue weighted by Crippen LogP contribution is -2.56. The molecule has 0 aromatic heterocycles. The summed E-state index contributed by atoms with van der Waals surface area (Å²) >= 11 is 5.93. The van der Waals surface area contributed by atoms with Crippen molar-refractivity contribution in [2.75, 3.05) is 28.6 Å². The maximum Gasteiger partial charge on any atom is 0.278 e. The normalized spacial score (nSPS) is 18.1. The lowest BCUT2D eigenvalue weighted by Gasteiger charge is -2.33. The average molecular weight is 388 g/mol. The zero-order valence-corrected chi connectivity index (χ0v) is 16.3. The molecule has 0 bridgehead atoms. The molecule has 3 rings (SSSR count). The Morgan fingerprint density at radius 2 is 1.85 bits per heavy atom. The standard InChI is InChI=1S/C20H22ClN3O3/c1-4-24(5-2)15-9-7-14(8-10-15)22-18(25)20(3)19(26)23-16-12-13(21)6-11-17(16)27-20/h6-12H,4-5H2,1-3H3,(H,22,25)(H,23,26). The van der Waals surface area contributed by atoms with Gasteiger partial charge in [-0.15, -0.1) is 0 Å². The van der Waals surface area contributed by atoms with E-state index in [0.717, 1.165) is 18.8 Å². The molecule has 27 heavy (non-hydrogen) atoms. The number of amides is 2. The van der Waals surface area contributed by atoms with Gasteiger partial charge in [0.05, 0.1) is 5.69 Å². The Labute approximate surface area is 163 Å². The number of fused-ring (bicyclic) bond motifs is 1. The Morgan fingerprint density at radius 3 is 2.48 bits per heavy atom. The van der Waals surface area contributed by atoms with Gasteiger partial charge < -0.3 is 20.3 Å². The second kappa shape index (κ2) is 7.48. The first-order valence-corrected chi connectivity index (χ1v) is 9.21. The first-order chi connectivity index (χ1) is 12.9. The Kier molecular flexibility index (Phi) is 5.28. The van der Waals surface area contributed by atoms with Crippen LogP contribution >= 0.6 is 11.6 Å². The molecule has 7 heteroatoms. The van der Waals surface area contributed by atoms with Gasteiger partial charge in [0, 0.05) is 29.5 Å².